The van der Waals surface area contributed by atoms with E-state index < -0.39 is 24.9 Å². The Labute approximate surface area is 105 Å². The number of nitrogens with one attached hydrogen (secondary N) is 1. The van der Waals surface area contributed by atoms with Gasteiger partial charge in [0.15, 0.2) is 0 Å². The van der Waals surface area contributed by atoms with Gasteiger partial charge in [-0.3, -0.25) is 4.79 Å². The number of alkyl halides is 2. The molecule has 1 amide bonds. The first-order chi connectivity index (χ1) is 8.32. The Balaban J connectivity index is 2.80. The molecule has 0 aromatic carbocycles. The van der Waals surface area contributed by atoms with E-state index >= 15 is 0 Å². The molecule has 0 saturated heterocycles. The van der Waals surface area contributed by atoms with Crippen molar-refractivity contribution in [3.8, 4) is 0 Å². The molecule has 1 rings (SSSR count). The second-order valence-electron chi connectivity index (χ2n) is 4.27. The number of hydrogen-bond donors (Lipinski definition) is 2. The van der Waals surface area contributed by atoms with Crippen LogP contribution in [0, 0.1) is 13.8 Å². The lowest BCUT2D eigenvalue weighted by atomic mass is 10.2. The van der Waals surface area contributed by atoms with Crippen LogP contribution in [0.5, 0.6) is 0 Å². The molecule has 1 aromatic rings. The van der Waals surface area contributed by atoms with Gasteiger partial charge in [0.2, 0.25) is 0 Å². The Bertz CT molecular complexity index is 441. The molecule has 0 unspecified atom stereocenters. The zero-order valence-electron chi connectivity index (χ0n) is 10.9. The molecule has 0 aliphatic rings. The van der Waals surface area contributed by atoms with Crippen LogP contribution in [-0.4, -0.2) is 29.5 Å². The van der Waals surface area contributed by atoms with E-state index in [0.29, 0.717) is 5.56 Å². The molecule has 0 radical (unpaired) electrons. The molecule has 18 heavy (non-hydrogen) atoms. The van der Waals surface area contributed by atoms with Crippen LogP contribution >= 0.6 is 0 Å². The number of nitrogens with two attached hydrogens (primary N) is 1. The number of hydrogen-bond acceptors (Lipinski definition) is 2. The Morgan fingerprint density at radius 1 is 1.50 bits per heavy atom. The number of halogens is 2. The number of rotatable bonds is 5. The van der Waals surface area contributed by atoms with E-state index in [0.717, 1.165) is 17.9 Å². The van der Waals surface area contributed by atoms with E-state index in [4.69, 9.17) is 5.73 Å². The summed E-state index contributed by atoms with van der Waals surface area (Å²) in [7, 11) is 0. The number of aryl methyl sites for hydroxylation is 1. The summed E-state index contributed by atoms with van der Waals surface area (Å²) in [6.07, 6.45) is 0. The molecule has 102 valence electrons. The molecule has 0 atom stereocenters. The monoisotopic (exact) mass is 259 g/mol. The molecule has 6 heteroatoms. The Kier molecular flexibility index (Phi) is 4.45. The highest BCUT2D eigenvalue weighted by Crippen LogP contribution is 2.15. The van der Waals surface area contributed by atoms with Crippen LogP contribution in [0.15, 0.2) is 6.07 Å². The smallest absolute Gasteiger partial charge is 0.277 e. The van der Waals surface area contributed by atoms with Gasteiger partial charge in [-0.15, -0.1) is 0 Å². The average Bonchev–Trinajstić information content (AvgIpc) is 2.61. The SMILES string of the molecule is CCn1c(C)cc(C(=O)NCC(F)(F)CN)c1C. The van der Waals surface area contributed by atoms with E-state index in [2.05, 4.69) is 5.32 Å². The van der Waals surface area contributed by atoms with Gasteiger partial charge in [-0.2, -0.15) is 0 Å². The summed E-state index contributed by atoms with van der Waals surface area (Å²) in [4.78, 5) is 11.8. The quantitative estimate of drug-likeness (QED) is 0.840. The maximum absolute atomic E-state index is 12.9. The molecule has 0 aliphatic heterocycles. The Hall–Kier alpha value is -1.43. The third kappa shape index (κ3) is 3.07. The number of nitrogens with zero attached hydrogens (tertiary/aromatic N) is 1. The maximum atomic E-state index is 12.9. The van der Waals surface area contributed by atoms with E-state index in [-0.39, 0.29) is 0 Å². The van der Waals surface area contributed by atoms with Gasteiger partial charge < -0.3 is 15.6 Å². The second kappa shape index (κ2) is 5.48. The Morgan fingerprint density at radius 2 is 2.11 bits per heavy atom. The van der Waals surface area contributed by atoms with Gasteiger partial charge >= 0.3 is 0 Å². The average molecular weight is 259 g/mol. The summed E-state index contributed by atoms with van der Waals surface area (Å²) in [5.41, 5.74) is 7.05. The highest BCUT2D eigenvalue weighted by Gasteiger charge is 2.28. The predicted molar refractivity (Wildman–Crippen MR) is 65.9 cm³/mol. The molecular formula is C12H19F2N3O. The first-order valence-electron chi connectivity index (χ1n) is 5.85. The van der Waals surface area contributed by atoms with Crippen molar-refractivity contribution in [2.75, 3.05) is 13.1 Å². The molecule has 0 bridgehead atoms. The van der Waals surface area contributed by atoms with E-state index in [9.17, 15) is 13.6 Å². The van der Waals surface area contributed by atoms with Gasteiger partial charge in [0, 0.05) is 17.9 Å². The van der Waals surface area contributed by atoms with Crippen molar-refractivity contribution < 1.29 is 13.6 Å². The minimum atomic E-state index is -3.06. The first kappa shape index (κ1) is 14.6. The fraction of sp³-hybridized carbons (Fsp3) is 0.583. The van der Waals surface area contributed by atoms with Crippen molar-refractivity contribution in [2.24, 2.45) is 5.73 Å². The van der Waals surface area contributed by atoms with Crippen LogP contribution in [0.1, 0.15) is 28.7 Å². The second-order valence-corrected chi connectivity index (χ2v) is 4.27. The molecule has 0 saturated carbocycles. The third-order valence-electron chi connectivity index (χ3n) is 2.94. The number of amides is 1. The van der Waals surface area contributed by atoms with Gasteiger partial charge in [-0.1, -0.05) is 0 Å². The summed E-state index contributed by atoms with van der Waals surface area (Å²) < 4.78 is 27.8. The molecule has 0 aliphatic carbocycles. The molecule has 0 fully saturated rings. The van der Waals surface area contributed by atoms with E-state index in [1.807, 2.05) is 18.4 Å². The predicted octanol–water partition coefficient (Wildman–Crippen LogP) is 1.45. The van der Waals surface area contributed by atoms with E-state index in [1.54, 1.807) is 13.0 Å². The lowest BCUT2D eigenvalue weighted by molar-refractivity contribution is 0.0118. The molecule has 0 spiro atoms. The maximum Gasteiger partial charge on any atom is 0.277 e. The van der Waals surface area contributed by atoms with Gasteiger partial charge in [0.05, 0.1) is 18.7 Å². The van der Waals surface area contributed by atoms with Crippen LogP contribution in [0.25, 0.3) is 0 Å². The number of carbonyl (C=O) groups excluding carboxylic acids is 1. The highest BCUT2D eigenvalue weighted by molar-refractivity contribution is 5.95. The zero-order chi connectivity index (χ0) is 13.9. The summed E-state index contributed by atoms with van der Waals surface area (Å²) in [6, 6.07) is 1.70. The molecule has 1 heterocycles. The highest BCUT2D eigenvalue weighted by atomic mass is 19.3. The number of aromatic nitrogens is 1. The molecule has 1 aromatic heterocycles. The largest absolute Gasteiger partial charge is 0.349 e. The topological polar surface area (TPSA) is 60.0 Å². The lowest BCUT2D eigenvalue weighted by Gasteiger charge is -2.14. The van der Waals surface area contributed by atoms with E-state index in [1.165, 1.54) is 0 Å². The van der Waals surface area contributed by atoms with Gasteiger partial charge in [-0.05, 0) is 26.8 Å². The summed E-state index contributed by atoms with van der Waals surface area (Å²) >= 11 is 0. The van der Waals surface area contributed by atoms with Crippen molar-refractivity contribution in [1.29, 1.82) is 0 Å². The minimum Gasteiger partial charge on any atom is -0.349 e. The van der Waals surface area contributed by atoms with Crippen LogP contribution in [0.4, 0.5) is 8.78 Å². The van der Waals surface area contributed by atoms with Gasteiger partial charge in [0.1, 0.15) is 0 Å². The van der Waals surface area contributed by atoms with Crippen molar-refractivity contribution in [2.45, 2.75) is 33.2 Å². The lowest BCUT2D eigenvalue weighted by Crippen LogP contribution is -2.41. The minimum absolute atomic E-state index is 0.433. The van der Waals surface area contributed by atoms with Crippen LogP contribution < -0.4 is 11.1 Å². The van der Waals surface area contributed by atoms with Crippen molar-refractivity contribution in [3.05, 3.63) is 23.0 Å². The van der Waals surface area contributed by atoms with Crippen molar-refractivity contribution >= 4 is 5.91 Å². The Morgan fingerprint density at radius 3 is 2.56 bits per heavy atom. The van der Waals surface area contributed by atoms with Crippen molar-refractivity contribution in [1.82, 2.24) is 9.88 Å². The van der Waals surface area contributed by atoms with Crippen LogP contribution in [0.2, 0.25) is 0 Å². The van der Waals surface area contributed by atoms with Gasteiger partial charge in [-0.25, -0.2) is 8.78 Å². The summed E-state index contributed by atoms with van der Waals surface area (Å²) in [5.74, 6) is -3.55. The normalized spacial score (nSPS) is 11.7. The summed E-state index contributed by atoms with van der Waals surface area (Å²) in [5, 5.41) is 2.21. The standard InChI is InChI=1S/C12H19F2N3O/c1-4-17-8(2)5-10(9(17)3)11(18)16-7-12(13,14)6-15/h5H,4,6-7,15H2,1-3H3,(H,16,18). The first-order valence-corrected chi connectivity index (χ1v) is 5.85. The number of carbonyl (C=O) groups is 1. The van der Waals surface area contributed by atoms with Crippen molar-refractivity contribution in [3.63, 3.8) is 0 Å². The molecular weight excluding hydrogens is 240 g/mol. The molecule has 3 N–H and O–H groups in total. The van der Waals surface area contributed by atoms with Crippen LogP contribution in [-0.2, 0) is 6.54 Å². The fourth-order valence-electron chi connectivity index (χ4n) is 1.89. The van der Waals surface area contributed by atoms with Crippen LogP contribution in [0.3, 0.4) is 0 Å². The van der Waals surface area contributed by atoms with Gasteiger partial charge in [0.25, 0.3) is 11.8 Å². The molecule has 4 nitrogen and oxygen atoms in total. The zero-order valence-corrected chi connectivity index (χ0v) is 10.9. The third-order valence-corrected chi connectivity index (χ3v) is 2.94. The fourth-order valence-corrected chi connectivity index (χ4v) is 1.89. The summed E-state index contributed by atoms with van der Waals surface area (Å²) in [6.45, 7) is 4.86.